The van der Waals surface area contributed by atoms with Crippen LogP contribution in [0.3, 0.4) is 0 Å². The van der Waals surface area contributed by atoms with Crippen molar-refractivity contribution in [2.75, 3.05) is 17.2 Å². The molecule has 0 aromatic heterocycles. The van der Waals surface area contributed by atoms with Gasteiger partial charge in [-0.2, -0.15) is 0 Å². The molecule has 3 rings (SSSR count). The lowest BCUT2D eigenvalue weighted by molar-refractivity contribution is -0.385. The molecule has 0 atom stereocenters. The molecule has 3 aromatic rings. The molecule has 0 radical (unpaired) electrons. The number of ether oxygens (including phenoxy) is 2. The number of nitrogens with zero attached hydrogens (tertiary/aromatic N) is 1. The first-order chi connectivity index (χ1) is 17.7. The monoisotopic (exact) mass is 569 g/mol. The van der Waals surface area contributed by atoms with Gasteiger partial charge >= 0.3 is 5.97 Å². The second kappa shape index (κ2) is 13.2. The van der Waals surface area contributed by atoms with Gasteiger partial charge in [0.05, 0.1) is 4.92 Å². The van der Waals surface area contributed by atoms with Crippen molar-refractivity contribution in [3.8, 4) is 11.5 Å². The Labute approximate surface area is 221 Å². The molecule has 0 heterocycles. The molecule has 0 aliphatic heterocycles. The third-order valence-corrected chi connectivity index (χ3v) is 5.55. The van der Waals surface area contributed by atoms with E-state index in [4.69, 9.17) is 9.47 Å². The minimum Gasteiger partial charge on any atom is -0.457 e. The number of carbonyl (C=O) groups excluding carboxylic acids is 3. The third-order valence-electron chi connectivity index (χ3n) is 5.03. The van der Waals surface area contributed by atoms with Gasteiger partial charge < -0.3 is 20.1 Å². The lowest BCUT2D eigenvalue weighted by Gasteiger charge is -2.09. The first-order valence-corrected chi connectivity index (χ1v) is 12.0. The zero-order chi connectivity index (χ0) is 26.8. The van der Waals surface area contributed by atoms with Crippen molar-refractivity contribution in [3.05, 3.63) is 86.9 Å². The van der Waals surface area contributed by atoms with Crippen LogP contribution < -0.4 is 15.4 Å². The number of nitro benzene ring substituents is 1. The van der Waals surface area contributed by atoms with E-state index in [1.165, 1.54) is 18.2 Å². The molecule has 0 spiro atoms. The summed E-state index contributed by atoms with van der Waals surface area (Å²) < 4.78 is 11.6. The maximum atomic E-state index is 12.2. The van der Waals surface area contributed by atoms with Gasteiger partial charge in [0.25, 0.3) is 11.6 Å². The van der Waals surface area contributed by atoms with E-state index >= 15 is 0 Å². The summed E-state index contributed by atoms with van der Waals surface area (Å²) in [6.45, 7) is 1.05. The van der Waals surface area contributed by atoms with Crippen LogP contribution in [0.2, 0.25) is 0 Å². The van der Waals surface area contributed by atoms with Crippen LogP contribution in [-0.2, 0) is 19.1 Å². The summed E-state index contributed by atoms with van der Waals surface area (Å²) in [5.74, 6) is -0.228. The van der Waals surface area contributed by atoms with Crippen LogP contribution in [0.15, 0.2) is 71.2 Å². The van der Waals surface area contributed by atoms with Gasteiger partial charge in [-0.25, -0.2) is 0 Å². The fourth-order valence-electron chi connectivity index (χ4n) is 3.16. The number of esters is 1. The average Bonchev–Trinajstić information content (AvgIpc) is 2.86. The number of nitro groups is 1. The van der Waals surface area contributed by atoms with E-state index in [1.807, 2.05) is 24.3 Å². The predicted molar refractivity (Wildman–Crippen MR) is 141 cm³/mol. The SMILES string of the molecule is Cc1ccc(NC(=O)COC(=O)CCCC(=O)Nc2ccc(Oc3ccc(Br)cc3)cc2)cc1[N+](=O)[O-]. The summed E-state index contributed by atoms with van der Waals surface area (Å²) in [5.41, 5.74) is 1.14. The summed E-state index contributed by atoms with van der Waals surface area (Å²) in [5, 5.41) is 16.2. The van der Waals surface area contributed by atoms with E-state index in [1.54, 1.807) is 31.2 Å². The van der Waals surface area contributed by atoms with Crippen LogP contribution >= 0.6 is 15.9 Å². The summed E-state index contributed by atoms with van der Waals surface area (Å²) >= 11 is 3.37. The van der Waals surface area contributed by atoms with Crippen molar-refractivity contribution < 1.29 is 28.8 Å². The van der Waals surface area contributed by atoms with Crippen molar-refractivity contribution in [2.45, 2.75) is 26.2 Å². The molecule has 11 heteroatoms. The molecule has 0 aliphatic carbocycles. The number of amides is 2. The maximum absolute atomic E-state index is 12.2. The molecule has 0 saturated carbocycles. The number of halogens is 1. The Bertz CT molecular complexity index is 1280. The molecule has 0 saturated heterocycles. The second-order valence-electron chi connectivity index (χ2n) is 7.95. The van der Waals surface area contributed by atoms with Gasteiger partial charge in [-0.15, -0.1) is 0 Å². The first kappa shape index (κ1) is 27.3. The van der Waals surface area contributed by atoms with Gasteiger partial charge in [0, 0.05) is 40.3 Å². The molecular formula is C26H24BrN3O7. The number of hydrogen-bond donors (Lipinski definition) is 2. The Morgan fingerprint density at radius 1 is 0.865 bits per heavy atom. The minimum absolute atomic E-state index is 0.0450. The van der Waals surface area contributed by atoms with Crippen molar-refractivity contribution in [1.29, 1.82) is 0 Å². The van der Waals surface area contributed by atoms with Crippen molar-refractivity contribution in [3.63, 3.8) is 0 Å². The normalized spacial score (nSPS) is 10.3. The molecule has 10 nitrogen and oxygen atoms in total. The Morgan fingerprint density at radius 3 is 2.11 bits per heavy atom. The summed E-state index contributed by atoms with van der Waals surface area (Å²) in [4.78, 5) is 46.5. The van der Waals surface area contributed by atoms with Crippen LogP contribution in [0.25, 0.3) is 0 Å². The van der Waals surface area contributed by atoms with Crippen LogP contribution in [0, 0.1) is 17.0 Å². The van der Waals surface area contributed by atoms with E-state index < -0.39 is 23.4 Å². The Hall–Kier alpha value is -4.25. The molecule has 2 N–H and O–H groups in total. The number of hydrogen-bond acceptors (Lipinski definition) is 7. The Morgan fingerprint density at radius 2 is 1.46 bits per heavy atom. The molecular weight excluding hydrogens is 546 g/mol. The van der Waals surface area contributed by atoms with E-state index in [-0.39, 0.29) is 36.5 Å². The lowest BCUT2D eigenvalue weighted by atomic mass is 10.2. The topological polar surface area (TPSA) is 137 Å². The highest BCUT2D eigenvalue weighted by molar-refractivity contribution is 9.10. The Balaban J connectivity index is 1.34. The highest BCUT2D eigenvalue weighted by Crippen LogP contribution is 2.25. The molecule has 0 fully saturated rings. The van der Waals surface area contributed by atoms with Gasteiger partial charge in [-0.3, -0.25) is 24.5 Å². The average molecular weight is 570 g/mol. The van der Waals surface area contributed by atoms with E-state index in [2.05, 4.69) is 26.6 Å². The number of benzene rings is 3. The lowest BCUT2D eigenvalue weighted by Crippen LogP contribution is -2.21. The van der Waals surface area contributed by atoms with Gasteiger partial charge in [0.1, 0.15) is 11.5 Å². The van der Waals surface area contributed by atoms with Crippen LogP contribution in [0.1, 0.15) is 24.8 Å². The quantitative estimate of drug-likeness (QED) is 0.170. The summed E-state index contributed by atoms with van der Waals surface area (Å²) in [6.07, 6.45) is 0.281. The maximum Gasteiger partial charge on any atom is 0.306 e. The molecule has 0 bridgehead atoms. The zero-order valence-electron chi connectivity index (χ0n) is 19.9. The number of rotatable bonds is 11. The highest BCUT2D eigenvalue weighted by atomic mass is 79.9. The Kier molecular flexibility index (Phi) is 9.73. The van der Waals surface area contributed by atoms with Crippen LogP contribution in [-0.4, -0.2) is 29.3 Å². The van der Waals surface area contributed by atoms with E-state index in [0.29, 0.717) is 22.7 Å². The highest BCUT2D eigenvalue weighted by Gasteiger charge is 2.14. The molecule has 0 aliphatic rings. The van der Waals surface area contributed by atoms with Crippen molar-refractivity contribution >= 4 is 50.8 Å². The van der Waals surface area contributed by atoms with Crippen molar-refractivity contribution in [1.82, 2.24) is 0 Å². The largest absolute Gasteiger partial charge is 0.457 e. The van der Waals surface area contributed by atoms with Gasteiger partial charge in [0.15, 0.2) is 6.61 Å². The molecule has 0 unspecified atom stereocenters. The zero-order valence-corrected chi connectivity index (χ0v) is 21.4. The van der Waals surface area contributed by atoms with Crippen LogP contribution in [0.5, 0.6) is 11.5 Å². The number of anilines is 2. The summed E-state index contributed by atoms with van der Waals surface area (Å²) in [6, 6.07) is 18.5. The smallest absolute Gasteiger partial charge is 0.306 e. The predicted octanol–water partition coefficient (Wildman–Crippen LogP) is 5.75. The summed E-state index contributed by atoms with van der Waals surface area (Å²) in [7, 11) is 0. The molecule has 37 heavy (non-hydrogen) atoms. The van der Waals surface area contributed by atoms with E-state index in [0.717, 1.165) is 4.47 Å². The first-order valence-electron chi connectivity index (χ1n) is 11.2. The van der Waals surface area contributed by atoms with E-state index in [9.17, 15) is 24.5 Å². The molecule has 3 aromatic carbocycles. The third kappa shape index (κ3) is 9.04. The van der Waals surface area contributed by atoms with Crippen molar-refractivity contribution in [2.24, 2.45) is 0 Å². The second-order valence-corrected chi connectivity index (χ2v) is 8.87. The van der Waals surface area contributed by atoms with Gasteiger partial charge in [-0.1, -0.05) is 22.0 Å². The fraction of sp³-hybridized carbons (Fsp3) is 0.192. The number of nitrogens with one attached hydrogen (secondary N) is 2. The molecule has 192 valence electrons. The standard InChI is InChI=1S/C26H24BrN3O7/c1-17-5-8-20(15-23(17)30(34)35)29-25(32)16-36-26(33)4-2-3-24(31)28-19-9-13-22(14-10-19)37-21-11-6-18(27)7-12-21/h5-15H,2-4,16H2,1H3,(H,28,31)(H,29,32). The van der Waals surface area contributed by atoms with Gasteiger partial charge in [-0.05, 0) is 67.9 Å². The number of carbonyl (C=O) groups is 3. The minimum atomic E-state index is -0.632. The van der Waals surface area contributed by atoms with Gasteiger partial charge in [0.2, 0.25) is 5.91 Å². The molecule has 2 amide bonds. The number of aryl methyl sites for hydroxylation is 1. The fourth-order valence-corrected chi connectivity index (χ4v) is 3.43. The van der Waals surface area contributed by atoms with Crippen LogP contribution in [0.4, 0.5) is 17.1 Å².